The summed E-state index contributed by atoms with van der Waals surface area (Å²) in [4.78, 5) is 12.2. The van der Waals surface area contributed by atoms with Gasteiger partial charge in [-0.1, -0.05) is 38.5 Å². The molecule has 2 aliphatic carbocycles. The van der Waals surface area contributed by atoms with Crippen LogP contribution in [0.5, 0.6) is 0 Å². The number of rotatable bonds is 7. The summed E-state index contributed by atoms with van der Waals surface area (Å²) in [5.74, 6) is -0.975. The Kier molecular flexibility index (Phi) is 7.30. The zero-order valence-corrected chi connectivity index (χ0v) is 14.5. The van der Waals surface area contributed by atoms with Crippen molar-refractivity contribution in [1.29, 1.82) is 0 Å². The average molecular weight is 347 g/mol. The number of ether oxygens (including phenoxy) is 1. The minimum atomic E-state index is -4.17. The number of hydrogen-bond acceptors (Lipinski definition) is 5. The number of esters is 1. The van der Waals surface area contributed by atoms with E-state index in [0.717, 1.165) is 44.9 Å². The van der Waals surface area contributed by atoms with Crippen LogP contribution < -0.4 is 5.32 Å². The molecule has 6 nitrogen and oxygen atoms in total. The molecule has 23 heavy (non-hydrogen) atoms. The number of nitrogens with one attached hydrogen (secondary N) is 1. The normalized spacial score (nSPS) is 22.7. The van der Waals surface area contributed by atoms with Gasteiger partial charge in [-0.2, -0.15) is 8.42 Å². The van der Waals surface area contributed by atoms with E-state index in [0.29, 0.717) is 6.04 Å². The molecule has 1 atom stereocenters. The second-order valence-electron chi connectivity index (χ2n) is 6.89. The van der Waals surface area contributed by atoms with Crippen LogP contribution in [-0.4, -0.2) is 43.4 Å². The molecule has 0 heterocycles. The van der Waals surface area contributed by atoms with E-state index in [9.17, 15) is 13.2 Å². The highest BCUT2D eigenvalue weighted by molar-refractivity contribution is 7.85. The van der Waals surface area contributed by atoms with Crippen molar-refractivity contribution in [2.24, 2.45) is 5.92 Å². The van der Waals surface area contributed by atoms with Gasteiger partial charge in [0, 0.05) is 12.6 Å². The molecule has 2 rings (SSSR count). The van der Waals surface area contributed by atoms with E-state index in [1.54, 1.807) is 0 Å². The second kappa shape index (κ2) is 8.99. The molecule has 0 bridgehead atoms. The molecule has 0 aliphatic heterocycles. The monoisotopic (exact) mass is 347 g/mol. The molecule has 2 fully saturated rings. The van der Waals surface area contributed by atoms with Crippen LogP contribution in [0.1, 0.15) is 64.2 Å². The van der Waals surface area contributed by atoms with Crippen molar-refractivity contribution in [1.82, 2.24) is 5.32 Å². The van der Waals surface area contributed by atoms with Crippen LogP contribution in [0.25, 0.3) is 0 Å². The van der Waals surface area contributed by atoms with E-state index in [-0.39, 0.29) is 18.4 Å². The largest absolute Gasteiger partial charge is 0.460 e. The summed E-state index contributed by atoms with van der Waals surface area (Å²) >= 11 is 0. The summed E-state index contributed by atoms with van der Waals surface area (Å²) in [6.45, 7) is 0.281. The minimum absolute atomic E-state index is 0.123. The third-order valence-corrected chi connectivity index (χ3v) is 5.65. The first kappa shape index (κ1) is 18.7. The van der Waals surface area contributed by atoms with Crippen LogP contribution in [0.2, 0.25) is 0 Å². The van der Waals surface area contributed by atoms with Gasteiger partial charge >= 0.3 is 5.97 Å². The summed E-state index contributed by atoms with van der Waals surface area (Å²) < 4.78 is 36.9. The van der Waals surface area contributed by atoms with Crippen molar-refractivity contribution in [2.75, 3.05) is 12.3 Å². The highest BCUT2D eigenvalue weighted by Crippen LogP contribution is 2.25. The number of carbonyl (C=O) groups excluding carboxylic acids is 1. The molecule has 0 saturated heterocycles. The highest BCUT2D eigenvalue weighted by Gasteiger charge is 2.28. The van der Waals surface area contributed by atoms with Crippen LogP contribution in [0.4, 0.5) is 0 Å². The Labute approximate surface area is 139 Å². The maximum Gasteiger partial charge on any atom is 0.309 e. The first-order valence-electron chi connectivity index (χ1n) is 8.83. The van der Waals surface area contributed by atoms with Gasteiger partial charge in [0.25, 0.3) is 10.1 Å². The summed E-state index contributed by atoms with van der Waals surface area (Å²) in [6, 6.07) is 0.348. The molecular formula is C16H29NO5S. The fourth-order valence-corrected chi connectivity index (χ4v) is 4.23. The zero-order chi connectivity index (χ0) is 16.7. The average Bonchev–Trinajstić information content (AvgIpc) is 2.53. The summed E-state index contributed by atoms with van der Waals surface area (Å²) in [7, 11) is -4.17. The van der Waals surface area contributed by atoms with Gasteiger partial charge < -0.3 is 10.1 Å². The quantitative estimate of drug-likeness (QED) is 0.542. The number of carbonyl (C=O) groups is 1. The van der Waals surface area contributed by atoms with Crippen LogP contribution in [0.15, 0.2) is 0 Å². The van der Waals surface area contributed by atoms with E-state index < -0.39 is 22.0 Å². The first-order valence-corrected chi connectivity index (χ1v) is 10.4. The Morgan fingerprint density at radius 1 is 1.04 bits per heavy atom. The third kappa shape index (κ3) is 7.18. The minimum Gasteiger partial charge on any atom is -0.460 e. The zero-order valence-electron chi connectivity index (χ0n) is 13.7. The Hall–Kier alpha value is -0.660. The molecule has 7 heteroatoms. The van der Waals surface area contributed by atoms with Crippen molar-refractivity contribution in [3.63, 3.8) is 0 Å². The van der Waals surface area contributed by atoms with Crippen molar-refractivity contribution in [2.45, 2.75) is 76.4 Å². The highest BCUT2D eigenvalue weighted by atomic mass is 32.2. The topological polar surface area (TPSA) is 92.7 Å². The molecule has 0 amide bonds. The standard InChI is InChI=1S/C16H29NO5S/c18-16(13-7-3-1-4-8-13)22-15(12-23(19,20)21)11-17-14-9-5-2-6-10-14/h13-15,17H,1-12H2,(H,19,20,21). The molecule has 2 aliphatic rings. The summed E-state index contributed by atoms with van der Waals surface area (Å²) in [6.07, 6.45) is 9.69. The van der Waals surface area contributed by atoms with Crippen molar-refractivity contribution in [3.05, 3.63) is 0 Å². The van der Waals surface area contributed by atoms with Gasteiger partial charge in [0.05, 0.1) is 5.92 Å². The van der Waals surface area contributed by atoms with Gasteiger partial charge in [0.15, 0.2) is 0 Å². The van der Waals surface area contributed by atoms with Crippen molar-refractivity contribution >= 4 is 16.1 Å². The second-order valence-corrected chi connectivity index (χ2v) is 8.38. The Bertz CT molecular complexity index is 467. The molecule has 0 spiro atoms. The molecule has 2 N–H and O–H groups in total. The van der Waals surface area contributed by atoms with E-state index in [1.807, 2.05) is 0 Å². The van der Waals surface area contributed by atoms with Crippen LogP contribution in [0, 0.1) is 5.92 Å². The Morgan fingerprint density at radius 2 is 1.61 bits per heavy atom. The SMILES string of the molecule is O=C(OC(CNC1CCCCC1)CS(=O)(=O)O)C1CCCCC1. The van der Waals surface area contributed by atoms with Gasteiger partial charge in [-0.15, -0.1) is 0 Å². The van der Waals surface area contributed by atoms with Gasteiger partial charge in [-0.05, 0) is 25.7 Å². The predicted octanol–water partition coefficient (Wildman–Crippen LogP) is 2.29. The maximum absolute atomic E-state index is 12.2. The molecule has 2 saturated carbocycles. The lowest BCUT2D eigenvalue weighted by Gasteiger charge is -2.27. The lowest BCUT2D eigenvalue weighted by molar-refractivity contribution is -0.154. The van der Waals surface area contributed by atoms with E-state index >= 15 is 0 Å². The van der Waals surface area contributed by atoms with Gasteiger partial charge in [-0.3, -0.25) is 9.35 Å². The van der Waals surface area contributed by atoms with E-state index in [1.165, 1.54) is 19.3 Å². The van der Waals surface area contributed by atoms with Crippen molar-refractivity contribution in [3.8, 4) is 0 Å². The maximum atomic E-state index is 12.2. The molecule has 0 aromatic carbocycles. The van der Waals surface area contributed by atoms with Crippen LogP contribution in [0.3, 0.4) is 0 Å². The fraction of sp³-hybridized carbons (Fsp3) is 0.938. The van der Waals surface area contributed by atoms with E-state index in [2.05, 4.69) is 5.32 Å². The Morgan fingerprint density at radius 3 is 2.17 bits per heavy atom. The van der Waals surface area contributed by atoms with Crippen molar-refractivity contribution < 1.29 is 22.5 Å². The lowest BCUT2D eigenvalue weighted by Crippen LogP contribution is -2.42. The number of hydrogen-bond donors (Lipinski definition) is 2. The fourth-order valence-electron chi connectivity index (χ4n) is 3.57. The van der Waals surface area contributed by atoms with Gasteiger partial charge in [0.2, 0.25) is 0 Å². The molecule has 1 unspecified atom stereocenters. The van der Waals surface area contributed by atoms with Crippen LogP contribution >= 0.6 is 0 Å². The summed E-state index contributed by atoms with van der Waals surface area (Å²) in [5, 5.41) is 3.30. The van der Waals surface area contributed by atoms with Gasteiger partial charge in [0.1, 0.15) is 11.9 Å². The molecule has 0 aromatic rings. The molecule has 134 valence electrons. The molecular weight excluding hydrogens is 318 g/mol. The Balaban J connectivity index is 1.86. The first-order chi connectivity index (χ1) is 10.9. The summed E-state index contributed by atoms with van der Waals surface area (Å²) in [5.41, 5.74) is 0. The third-order valence-electron chi connectivity index (χ3n) is 4.86. The predicted molar refractivity (Wildman–Crippen MR) is 87.7 cm³/mol. The molecule has 0 aromatic heterocycles. The molecule has 0 radical (unpaired) electrons. The smallest absolute Gasteiger partial charge is 0.309 e. The van der Waals surface area contributed by atoms with E-state index in [4.69, 9.17) is 9.29 Å². The van der Waals surface area contributed by atoms with Crippen LogP contribution in [-0.2, 0) is 19.6 Å². The van der Waals surface area contributed by atoms with Gasteiger partial charge in [-0.25, -0.2) is 0 Å². The lowest BCUT2D eigenvalue weighted by atomic mass is 9.89.